The van der Waals surface area contributed by atoms with E-state index in [4.69, 9.17) is 11.6 Å². The van der Waals surface area contributed by atoms with Crippen LogP contribution in [0.2, 0.25) is 5.02 Å². The number of carbonyl (C=O) groups is 1. The van der Waals surface area contributed by atoms with Gasteiger partial charge in [-0.05, 0) is 17.7 Å². The fraction of sp³-hybridized carbons (Fsp3) is 0.364. The van der Waals surface area contributed by atoms with E-state index in [0.29, 0.717) is 16.5 Å². The second-order valence-corrected chi connectivity index (χ2v) is 5.25. The topological polar surface area (TPSA) is 43.4 Å². The number of hydrogen-bond donors (Lipinski definition) is 0. The van der Waals surface area contributed by atoms with Crippen LogP contribution in [-0.2, 0) is 26.1 Å². The molecule has 16 heavy (non-hydrogen) atoms. The average molecular weight is 261 g/mol. The lowest BCUT2D eigenvalue weighted by Crippen LogP contribution is -2.08. The molecule has 0 fully saturated rings. The van der Waals surface area contributed by atoms with Crippen LogP contribution in [-0.4, -0.2) is 23.0 Å². The Bertz CT molecular complexity index is 375. The average Bonchev–Trinajstić information content (AvgIpc) is 2.29. The SMILES string of the molecule is COC(=O)CCS(=O)Cc1ccc(Cl)cc1. The maximum absolute atomic E-state index is 11.6. The standard InChI is InChI=1S/C11H13ClO3S/c1-15-11(13)6-7-16(14)8-9-2-4-10(12)5-3-9/h2-5H,6-8H2,1H3. The third-order valence-corrected chi connectivity index (χ3v) is 3.57. The predicted molar refractivity (Wildman–Crippen MR) is 64.8 cm³/mol. The van der Waals surface area contributed by atoms with Crippen molar-refractivity contribution in [2.45, 2.75) is 12.2 Å². The van der Waals surface area contributed by atoms with Crippen molar-refractivity contribution in [1.82, 2.24) is 0 Å². The summed E-state index contributed by atoms with van der Waals surface area (Å²) in [4.78, 5) is 10.8. The number of methoxy groups -OCH3 is 1. The monoisotopic (exact) mass is 260 g/mol. The van der Waals surface area contributed by atoms with Crippen molar-refractivity contribution < 1.29 is 13.7 Å². The Morgan fingerprint density at radius 1 is 1.38 bits per heavy atom. The third-order valence-electron chi connectivity index (χ3n) is 2.00. The van der Waals surface area contributed by atoms with E-state index in [1.54, 1.807) is 12.1 Å². The van der Waals surface area contributed by atoms with Crippen LogP contribution in [0.5, 0.6) is 0 Å². The highest BCUT2D eigenvalue weighted by atomic mass is 35.5. The zero-order valence-corrected chi connectivity index (χ0v) is 10.5. The molecule has 0 aliphatic carbocycles. The van der Waals surface area contributed by atoms with Crippen molar-refractivity contribution in [1.29, 1.82) is 0 Å². The zero-order valence-electron chi connectivity index (χ0n) is 8.94. The number of rotatable bonds is 5. The maximum Gasteiger partial charge on any atom is 0.306 e. The lowest BCUT2D eigenvalue weighted by Gasteiger charge is -2.02. The molecule has 0 N–H and O–H groups in total. The van der Waals surface area contributed by atoms with E-state index in [2.05, 4.69) is 4.74 Å². The molecule has 0 amide bonds. The van der Waals surface area contributed by atoms with E-state index in [1.807, 2.05) is 12.1 Å². The number of hydrogen-bond acceptors (Lipinski definition) is 3. The Balaban J connectivity index is 2.40. The van der Waals surface area contributed by atoms with Gasteiger partial charge in [-0.3, -0.25) is 9.00 Å². The molecule has 1 unspecified atom stereocenters. The normalized spacial score (nSPS) is 12.1. The molecule has 1 aromatic rings. The summed E-state index contributed by atoms with van der Waals surface area (Å²) >= 11 is 5.73. The Morgan fingerprint density at radius 3 is 2.56 bits per heavy atom. The molecule has 0 spiro atoms. The van der Waals surface area contributed by atoms with Crippen molar-refractivity contribution in [3.05, 3.63) is 34.9 Å². The van der Waals surface area contributed by atoms with Gasteiger partial charge in [0.1, 0.15) is 0 Å². The van der Waals surface area contributed by atoms with Gasteiger partial charge in [0.25, 0.3) is 0 Å². The molecule has 1 aromatic carbocycles. The lowest BCUT2D eigenvalue weighted by molar-refractivity contribution is -0.140. The van der Waals surface area contributed by atoms with Gasteiger partial charge < -0.3 is 4.74 Å². The van der Waals surface area contributed by atoms with Crippen molar-refractivity contribution in [2.75, 3.05) is 12.9 Å². The minimum atomic E-state index is -1.04. The molecule has 0 saturated carbocycles. The summed E-state index contributed by atoms with van der Waals surface area (Å²) in [6.45, 7) is 0. The van der Waals surface area contributed by atoms with Gasteiger partial charge in [-0.2, -0.15) is 0 Å². The number of carbonyl (C=O) groups excluding carboxylic acids is 1. The van der Waals surface area contributed by atoms with Gasteiger partial charge in [-0.1, -0.05) is 23.7 Å². The molecule has 88 valence electrons. The smallest absolute Gasteiger partial charge is 0.306 e. The van der Waals surface area contributed by atoms with Crippen molar-refractivity contribution in [3.8, 4) is 0 Å². The molecule has 0 radical (unpaired) electrons. The molecule has 0 bridgehead atoms. The van der Waals surface area contributed by atoms with Crippen LogP contribution in [0.3, 0.4) is 0 Å². The Kier molecular flexibility index (Phi) is 5.49. The zero-order chi connectivity index (χ0) is 12.0. The first kappa shape index (κ1) is 13.2. The Hall–Kier alpha value is -0.870. The number of benzene rings is 1. The van der Waals surface area contributed by atoms with Gasteiger partial charge in [0, 0.05) is 27.3 Å². The molecule has 0 saturated heterocycles. The largest absolute Gasteiger partial charge is 0.469 e. The van der Waals surface area contributed by atoms with E-state index < -0.39 is 10.8 Å². The summed E-state index contributed by atoms with van der Waals surface area (Å²) in [6, 6.07) is 7.18. The summed E-state index contributed by atoms with van der Waals surface area (Å²) in [6.07, 6.45) is 0.191. The van der Waals surface area contributed by atoms with Crippen LogP contribution in [0.1, 0.15) is 12.0 Å². The Morgan fingerprint density at radius 2 is 2.00 bits per heavy atom. The molecule has 0 aliphatic heterocycles. The predicted octanol–water partition coefficient (Wildman–Crippen LogP) is 2.15. The van der Waals surface area contributed by atoms with Crippen LogP contribution >= 0.6 is 11.6 Å². The highest BCUT2D eigenvalue weighted by Crippen LogP contribution is 2.11. The van der Waals surface area contributed by atoms with Crippen molar-refractivity contribution >= 4 is 28.4 Å². The van der Waals surface area contributed by atoms with E-state index in [9.17, 15) is 9.00 Å². The van der Waals surface area contributed by atoms with E-state index >= 15 is 0 Å². The summed E-state index contributed by atoms with van der Waals surface area (Å²) in [5.41, 5.74) is 0.951. The van der Waals surface area contributed by atoms with Gasteiger partial charge in [0.15, 0.2) is 0 Å². The van der Waals surface area contributed by atoms with Gasteiger partial charge in [0.2, 0.25) is 0 Å². The molecule has 0 heterocycles. The van der Waals surface area contributed by atoms with Gasteiger partial charge in [-0.15, -0.1) is 0 Å². The number of ether oxygens (including phenoxy) is 1. The summed E-state index contributed by atoms with van der Waals surface area (Å²) in [5, 5.41) is 0.657. The van der Waals surface area contributed by atoms with Crippen LogP contribution in [0.4, 0.5) is 0 Å². The van der Waals surface area contributed by atoms with Crippen molar-refractivity contribution in [3.63, 3.8) is 0 Å². The first-order chi connectivity index (χ1) is 7.61. The highest BCUT2D eigenvalue weighted by molar-refractivity contribution is 7.84. The minimum Gasteiger partial charge on any atom is -0.469 e. The van der Waals surface area contributed by atoms with Gasteiger partial charge in [-0.25, -0.2) is 0 Å². The number of halogens is 1. The van der Waals surface area contributed by atoms with E-state index in [-0.39, 0.29) is 12.4 Å². The second-order valence-electron chi connectivity index (χ2n) is 3.24. The molecule has 3 nitrogen and oxygen atoms in total. The minimum absolute atomic E-state index is 0.191. The van der Waals surface area contributed by atoms with Gasteiger partial charge in [0.05, 0.1) is 13.5 Å². The lowest BCUT2D eigenvalue weighted by atomic mass is 10.2. The first-order valence-corrected chi connectivity index (χ1v) is 6.64. The van der Waals surface area contributed by atoms with E-state index in [0.717, 1.165) is 5.56 Å². The molecule has 1 atom stereocenters. The van der Waals surface area contributed by atoms with Crippen LogP contribution in [0.15, 0.2) is 24.3 Å². The van der Waals surface area contributed by atoms with E-state index in [1.165, 1.54) is 7.11 Å². The Labute approximate surface area is 102 Å². The fourth-order valence-corrected chi connectivity index (χ4v) is 2.37. The third kappa shape index (κ3) is 4.77. The van der Waals surface area contributed by atoms with Crippen LogP contribution < -0.4 is 0 Å². The summed E-state index contributed by atoms with van der Waals surface area (Å²) in [5.74, 6) is 0.438. The molecule has 1 rings (SSSR count). The molecule has 0 aliphatic rings. The summed E-state index contributed by atoms with van der Waals surface area (Å²) < 4.78 is 16.1. The quantitative estimate of drug-likeness (QED) is 0.762. The molecule has 5 heteroatoms. The maximum atomic E-state index is 11.6. The molecule has 0 aromatic heterocycles. The second kappa shape index (κ2) is 6.66. The fourth-order valence-electron chi connectivity index (χ4n) is 1.14. The highest BCUT2D eigenvalue weighted by Gasteiger charge is 2.06. The van der Waals surface area contributed by atoms with Gasteiger partial charge >= 0.3 is 5.97 Å². The number of esters is 1. The first-order valence-electron chi connectivity index (χ1n) is 4.78. The van der Waals surface area contributed by atoms with Crippen molar-refractivity contribution in [2.24, 2.45) is 0 Å². The van der Waals surface area contributed by atoms with Crippen LogP contribution in [0.25, 0.3) is 0 Å². The summed E-state index contributed by atoms with van der Waals surface area (Å²) in [7, 11) is 0.280. The molecular formula is C11H13ClO3S. The van der Waals surface area contributed by atoms with Crippen LogP contribution in [0, 0.1) is 0 Å². The molecular weight excluding hydrogens is 248 g/mol.